The molecule has 128 valence electrons. The number of thioether (sulfide) groups is 1. The average molecular weight is 365 g/mol. The number of carbonyl (C=O) groups excluding carboxylic acids is 2. The summed E-state index contributed by atoms with van der Waals surface area (Å²) < 4.78 is 5.46. The summed E-state index contributed by atoms with van der Waals surface area (Å²) in [5, 5.41) is 11.3. The monoisotopic (exact) mass is 365 g/mol. The van der Waals surface area contributed by atoms with E-state index < -0.39 is 0 Å². The molecule has 0 saturated carbocycles. The third-order valence-corrected chi connectivity index (χ3v) is 5.19. The van der Waals surface area contributed by atoms with Crippen LogP contribution in [0.15, 0.2) is 28.6 Å². The fourth-order valence-corrected chi connectivity index (χ4v) is 3.56. The lowest BCUT2D eigenvalue weighted by Crippen LogP contribution is -2.10. The minimum absolute atomic E-state index is 0.0250. The van der Waals surface area contributed by atoms with Crippen LogP contribution in [0.5, 0.6) is 0 Å². The van der Waals surface area contributed by atoms with Gasteiger partial charge in [-0.15, -0.1) is 10.2 Å². The number of rotatable bonds is 8. The lowest BCUT2D eigenvalue weighted by molar-refractivity contribution is -0.116. The Morgan fingerprint density at radius 3 is 2.67 bits per heavy atom. The summed E-state index contributed by atoms with van der Waals surface area (Å²) >= 11 is 2.90. The standard InChI is InChI=1S/C16H19N3O3S2/c1-3-4-5-13(20)17-15-18-19-16(24-15)23-10-11-6-8-12(9-7-11)14(21)22-2/h6-9H,3-5,10H2,1-2H3,(H,17,18,20). The Morgan fingerprint density at radius 2 is 2.00 bits per heavy atom. The highest BCUT2D eigenvalue weighted by Gasteiger charge is 2.09. The molecule has 0 aliphatic rings. The Labute approximate surface area is 149 Å². The number of aromatic nitrogens is 2. The Kier molecular flexibility index (Phi) is 7.20. The molecule has 0 aliphatic carbocycles. The van der Waals surface area contributed by atoms with E-state index >= 15 is 0 Å². The summed E-state index contributed by atoms with van der Waals surface area (Å²) in [5.74, 6) is 0.338. The van der Waals surface area contributed by atoms with E-state index in [1.54, 1.807) is 12.1 Å². The first kappa shape index (κ1) is 18.4. The Morgan fingerprint density at radius 1 is 1.25 bits per heavy atom. The number of hydrogen-bond acceptors (Lipinski definition) is 7. The van der Waals surface area contributed by atoms with Crippen molar-refractivity contribution in [2.45, 2.75) is 36.3 Å². The second-order valence-electron chi connectivity index (χ2n) is 5.00. The number of benzene rings is 1. The molecule has 1 aromatic carbocycles. The first-order chi connectivity index (χ1) is 11.6. The summed E-state index contributed by atoms with van der Waals surface area (Å²) in [6, 6.07) is 7.24. The second-order valence-corrected chi connectivity index (χ2v) is 7.20. The molecule has 0 fully saturated rings. The van der Waals surface area contributed by atoms with E-state index in [2.05, 4.69) is 20.3 Å². The number of carbonyl (C=O) groups is 2. The van der Waals surface area contributed by atoms with Gasteiger partial charge in [-0.3, -0.25) is 4.79 Å². The number of esters is 1. The maximum atomic E-state index is 11.7. The van der Waals surface area contributed by atoms with Gasteiger partial charge >= 0.3 is 5.97 Å². The zero-order valence-corrected chi connectivity index (χ0v) is 15.2. The molecule has 0 saturated heterocycles. The zero-order valence-electron chi connectivity index (χ0n) is 13.6. The molecule has 1 aromatic heterocycles. The molecule has 2 rings (SSSR count). The first-order valence-electron chi connectivity index (χ1n) is 7.55. The highest BCUT2D eigenvalue weighted by atomic mass is 32.2. The fraction of sp³-hybridized carbons (Fsp3) is 0.375. The van der Waals surface area contributed by atoms with E-state index in [1.165, 1.54) is 30.2 Å². The molecule has 1 N–H and O–H groups in total. The molecule has 0 bridgehead atoms. The van der Waals surface area contributed by atoms with Crippen molar-refractivity contribution in [2.24, 2.45) is 0 Å². The predicted molar refractivity (Wildman–Crippen MR) is 95.4 cm³/mol. The number of hydrogen-bond donors (Lipinski definition) is 1. The van der Waals surface area contributed by atoms with Gasteiger partial charge in [0.05, 0.1) is 12.7 Å². The van der Waals surface area contributed by atoms with Crippen molar-refractivity contribution in [3.8, 4) is 0 Å². The third-order valence-electron chi connectivity index (χ3n) is 3.15. The maximum absolute atomic E-state index is 11.7. The lowest BCUT2D eigenvalue weighted by atomic mass is 10.1. The molecule has 0 atom stereocenters. The van der Waals surface area contributed by atoms with Crippen molar-refractivity contribution in [3.05, 3.63) is 35.4 Å². The van der Waals surface area contributed by atoms with E-state index in [4.69, 9.17) is 0 Å². The van der Waals surface area contributed by atoms with E-state index in [-0.39, 0.29) is 11.9 Å². The molecule has 24 heavy (non-hydrogen) atoms. The summed E-state index contributed by atoms with van der Waals surface area (Å²) in [5.41, 5.74) is 1.59. The SMILES string of the molecule is CCCCC(=O)Nc1nnc(SCc2ccc(C(=O)OC)cc2)s1. The van der Waals surface area contributed by atoms with Gasteiger partial charge in [-0.25, -0.2) is 4.79 Å². The number of nitrogens with zero attached hydrogens (tertiary/aromatic N) is 2. The van der Waals surface area contributed by atoms with Crippen LogP contribution in [0.2, 0.25) is 0 Å². The molecule has 0 spiro atoms. The number of anilines is 1. The molecule has 8 heteroatoms. The zero-order chi connectivity index (χ0) is 17.4. The maximum Gasteiger partial charge on any atom is 0.337 e. The van der Waals surface area contributed by atoms with Gasteiger partial charge in [-0.2, -0.15) is 0 Å². The Balaban J connectivity index is 1.84. The second kappa shape index (κ2) is 9.39. The van der Waals surface area contributed by atoms with E-state index in [1.807, 2.05) is 19.1 Å². The number of nitrogens with one attached hydrogen (secondary N) is 1. The van der Waals surface area contributed by atoms with Crippen molar-refractivity contribution in [3.63, 3.8) is 0 Å². The molecule has 6 nitrogen and oxygen atoms in total. The number of ether oxygens (including phenoxy) is 1. The number of methoxy groups -OCH3 is 1. The quantitative estimate of drug-likeness (QED) is 0.436. The topological polar surface area (TPSA) is 81.2 Å². The van der Waals surface area contributed by atoms with Crippen LogP contribution >= 0.6 is 23.1 Å². The van der Waals surface area contributed by atoms with Crippen LogP contribution in [0.25, 0.3) is 0 Å². The largest absolute Gasteiger partial charge is 0.465 e. The van der Waals surface area contributed by atoms with Crippen molar-refractivity contribution >= 4 is 40.1 Å². The molecular weight excluding hydrogens is 346 g/mol. The fourth-order valence-electron chi connectivity index (χ4n) is 1.84. The van der Waals surface area contributed by atoms with Crippen LogP contribution in [0.3, 0.4) is 0 Å². The number of amides is 1. The van der Waals surface area contributed by atoms with Crippen LogP contribution in [0, 0.1) is 0 Å². The van der Waals surface area contributed by atoms with Crippen LogP contribution in [-0.4, -0.2) is 29.2 Å². The van der Waals surface area contributed by atoms with Crippen molar-refractivity contribution in [2.75, 3.05) is 12.4 Å². The lowest BCUT2D eigenvalue weighted by Gasteiger charge is -2.01. The average Bonchev–Trinajstić information content (AvgIpc) is 3.05. The van der Waals surface area contributed by atoms with Gasteiger partial charge in [0.1, 0.15) is 0 Å². The van der Waals surface area contributed by atoms with Gasteiger partial charge in [0.2, 0.25) is 11.0 Å². The molecular formula is C16H19N3O3S2. The molecule has 0 unspecified atom stereocenters. The Hall–Kier alpha value is -1.93. The van der Waals surface area contributed by atoms with Crippen molar-refractivity contribution in [1.82, 2.24) is 10.2 Å². The van der Waals surface area contributed by atoms with Crippen LogP contribution < -0.4 is 5.32 Å². The Bertz CT molecular complexity index is 686. The first-order valence-corrected chi connectivity index (χ1v) is 9.36. The van der Waals surface area contributed by atoms with Gasteiger partial charge in [0.25, 0.3) is 0 Å². The highest BCUT2D eigenvalue weighted by molar-refractivity contribution is 8.00. The predicted octanol–water partition coefficient (Wildman–Crippen LogP) is 3.75. The summed E-state index contributed by atoms with van der Waals surface area (Å²) in [6.45, 7) is 2.05. The van der Waals surface area contributed by atoms with Crippen molar-refractivity contribution < 1.29 is 14.3 Å². The van der Waals surface area contributed by atoms with Gasteiger partial charge in [0.15, 0.2) is 4.34 Å². The summed E-state index contributed by atoms with van der Waals surface area (Å²) in [6.07, 6.45) is 2.36. The highest BCUT2D eigenvalue weighted by Crippen LogP contribution is 2.28. The van der Waals surface area contributed by atoms with E-state index in [9.17, 15) is 9.59 Å². The molecule has 2 aromatic rings. The van der Waals surface area contributed by atoms with Crippen molar-refractivity contribution in [1.29, 1.82) is 0 Å². The third kappa shape index (κ3) is 5.61. The smallest absolute Gasteiger partial charge is 0.337 e. The van der Waals surface area contributed by atoms with Gasteiger partial charge in [-0.05, 0) is 24.1 Å². The van der Waals surface area contributed by atoms with Gasteiger partial charge < -0.3 is 10.1 Å². The normalized spacial score (nSPS) is 10.4. The van der Waals surface area contributed by atoms with Gasteiger partial charge in [0, 0.05) is 12.2 Å². The molecule has 1 heterocycles. The van der Waals surface area contributed by atoms with Crippen LogP contribution in [0.1, 0.15) is 42.1 Å². The van der Waals surface area contributed by atoms with Gasteiger partial charge in [-0.1, -0.05) is 48.6 Å². The minimum Gasteiger partial charge on any atom is -0.465 e. The van der Waals surface area contributed by atoms with E-state index in [0.29, 0.717) is 22.9 Å². The molecule has 0 aliphatic heterocycles. The summed E-state index contributed by atoms with van der Waals surface area (Å²) in [4.78, 5) is 23.0. The summed E-state index contributed by atoms with van der Waals surface area (Å²) in [7, 11) is 1.36. The molecule has 0 radical (unpaired) electrons. The van der Waals surface area contributed by atoms with Crippen LogP contribution in [-0.2, 0) is 15.3 Å². The number of unbranched alkanes of at least 4 members (excludes halogenated alkanes) is 1. The van der Waals surface area contributed by atoms with Crippen LogP contribution in [0.4, 0.5) is 5.13 Å². The minimum atomic E-state index is -0.346. The van der Waals surface area contributed by atoms with E-state index in [0.717, 1.165) is 22.7 Å². The molecule has 1 amide bonds.